The number of carbonyl (C=O) groups is 2. The van der Waals surface area contributed by atoms with E-state index >= 15 is 0 Å². The zero-order chi connectivity index (χ0) is 21.3. The highest BCUT2D eigenvalue weighted by molar-refractivity contribution is 6.05. The van der Waals surface area contributed by atoms with Crippen molar-refractivity contribution in [3.8, 4) is 0 Å². The largest absolute Gasteiger partial charge is 0.449 e. The number of likely N-dealkylation sites (N-methyl/N-ethyl adjacent to an activating group) is 1. The van der Waals surface area contributed by atoms with E-state index < -0.39 is 12.1 Å². The van der Waals surface area contributed by atoms with E-state index in [4.69, 9.17) is 4.74 Å². The number of fused-ring (bicyclic) bond motifs is 2. The van der Waals surface area contributed by atoms with Gasteiger partial charge in [0.2, 0.25) is 0 Å². The van der Waals surface area contributed by atoms with Gasteiger partial charge in [0.15, 0.2) is 6.10 Å². The average Bonchev–Trinajstić information content (AvgIpc) is 3.19. The van der Waals surface area contributed by atoms with Crippen molar-refractivity contribution in [2.75, 3.05) is 7.05 Å². The van der Waals surface area contributed by atoms with Crippen LogP contribution in [-0.2, 0) is 28.9 Å². The molecule has 0 saturated heterocycles. The molecule has 2 aromatic carbocycles. The number of rotatable bonds is 5. The number of para-hydroxylation sites is 1. The number of carbonyl (C=O) groups excluding carboxylic acids is 2. The van der Waals surface area contributed by atoms with E-state index in [2.05, 4.69) is 4.98 Å². The molecule has 4 rings (SSSR count). The molecule has 6 heteroatoms. The molecule has 1 heterocycles. The van der Waals surface area contributed by atoms with Crippen LogP contribution in [0, 0.1) is 5.82 Å². The van der Waals surface area contributed by atoms with Crippen LogP contribution in [0.3, 0.4) is 0 Å². The van der Waals surface area contributed by atoms with Crippen molar-refractivity contribution < 1.29 is 18.7 Å². The summed E-state index contributed by atoms with van der Waals surface area (Å²) in [7, 11) is 1.61. The molecule has 0 aliphatic heterocycles. The van der Waals surface area contributed by atoms with Crippen LogP contribution in [0.4, 0.5) is 4.39 Å². The predicted molar refractivity (Wildman–Crippen MR) is 112 cm³/mol. The van der Waals surface area contributed by atoms with Gasteiger partial charge in [0, 0.05) is 24.7 Å². The van der Waals surface area contributed by atoms with Crippen LogP contribution >= 0.6 is 0 Å². The fourth-order valence-electron chi connectivity index (χ4n) is 4.01. The molecule has 1 aliphatic carbocycles. The summed E-state index contributed by atoms with van der Waals surface area (Å²) in [4.78, 5) is 31.9. The summed E-state index contributed by atoms with van der Waals surface area (Å²) in [5, 5.41) is 0.746. The monoisotopic (exact) mass is 406 g/mol. The van der Waals surface area contributed by atoms with Crippen LogP contribution in [0.25, 0.3) is 10.9 Å². The zero-order valence-electron chi connectivity index (χ0n) is 17.0. The zero-order valence-corrected chi connectivity index (χ0v) is 17.0. The highest BCUT2D eigenvalue weighted by Gasteiger charge is 2.28. The highest BCUT2D eigenvalue weighted by atomic mass is 19.1. The number of aryl methyl sites for hydroxylation is 1. The van der Waals surface area contributed by atoms with Crippen LogP contribution in [0.15, 0.2) is 48.5 Å². The third-order valence-corrected chi connectivity index (χ3v) is 5.44. The third-order valence-electron chi connectivity index (χ3n) is 5.44. The fraction of sp³-hybridized carbons (Fsp3) is 0.292. The highest BCUT2D eigenvalue weighted by Crippen LogP contribution is 2.30. The van der Waals surface area contributed by atoms with Crippen LogP contribution < -0.4 is 0 Å². The Balaban J connectivity index is 1.53. The minimum Gasteiger partial charge on any atom is -0.449 e. The summed E-state index contributed by atoms with van der Waals surface area (Å²) in [6.45, 7) is 1.79. The van der Waals surface area contributed by atoms with Crippen molar-refractivity contribution >= 4 is 22.8 Å². The van der Waals surface area contributed by atoms with Gasteiger partial charge in [0.05, 0.1) is 11.1 Å². The van der Waals surface area contributed by atoms with Crippen LogP contribution in [0.2, 0.25) is 0 Å². The second kappa shape index (κ2) is 8.22. The summed E-state index contributed by atoms with van der Waals surface area (Å²) in [6.07, 6.45) is 1.61. The minimum atomic E-state index is -0.958. The quantitative estimate of drug-likeness (QED) is 0.600. The predicted octanol–water partition coefficient (Wildman–Crippen LogP) is 4.07. The van der Waals surface area contributed by atoms with Crippen molar-refractivity contribution in [2.24, 2.45) is 0 Å². The molecule has 0 fully saturated rings. The van der Waals surface area contributed by atoms with Crippen molar-refractivity contribution in [3.05, 3.63) is 76.7 Å². The molecular weight excluding hydrogens is 383 g/mol. The Kier molecular flexibility index (Phi) is 5.48. The summed E-state index contributed by atoms with van der Waals surface area (Å²) >= 11 is 0. The summed E-state index contributed by atoms with van der Waals surface area (Å²) < 4.78 is 19.0. The molecule has 1 atom stereocenters. The SMILES string of the molecule is C[C@@H](OC(=O)c1c2c(nc3ccccc13)CCC2)C(=O)N(C)Cc1cccc(F)c1. The number of hydrogen-bond donors (Lipinski definition) is 0. The van der Waals surface area contributed by atoms with E-state index in [9.17, 15) is 14.0 Å². The van der Waals surface area contributed by atoms with Crippen molar-refractivity contribution in [2.45, 2.75) is 38.8 Å². The second-order valence-corrected chi connectivity index (χ2v) is 7.65. The normalized spacial score (nSPS) is 13.7. The van der Waals surface area contributed by atoms with Gasteiger partial charge >= 0.3 is 5.97 Å². The second-order valence-electron chi connectivity index (χ2n) is 7.65. The number of halogens is 1. The molecule has 1 amide bonds. The maximum Gasteiger partial charge on any atom is 0.339 e. The maximum atomic E-state index is 13.4. The number of ether oxygens (including phenoxy) is 1. The first kappa shape index (κ1) is 20.0. The molecule has 0 radical (unpaired) electrons. The van der Waals surface area contributed by atoms with E-state index in [1.807, 2.05) is 24.3 Å². The van der Waals surface area contributed by atoms with Crippen molar-refractivity contribution in [1.82, 2.24) is 9.88 Å². The lowest BCUT2D eigenvalue weighted by Gasteiger charge is -2.22. The first-order chi connectivity index (χ1) is 14.4. The molecule has 30 heavy (non-hydrogen) atoms. The topological polar surface area (TPSA) is 59.5 Å². The molecule has 1 aliphatic rings. The molecule has 0 spiro atoms. The van der Waals surface area contributed by atoms with Gasteiger partial charge < -0.3 is 9.64 Å². The number of aromatic nitrogens is 1. The van der Waals surface area contributed by atoms with Gasteiger partial charge in [-0.3, -0.25) is 9.78 Å². The standard InChI is InChI=1S/C24H23FN2O3/c1-15(23(28)27(2)14-16-7-5-8-17(25)13-16)30-24(29)22-18-9-3-4-11-20(18)26-21-12-6-10-19(21)22/h3-5,7-9,11,13,15H,6,10,12,14H2,1-2H3/t15-/m1/s1. The Morgan fingerprint density at radius 1 is 1.17 bits per heavy atom. The summed E-state index contributed by atoms with van der Waals surface area (Å²) in [6, 6.07) is 13.6. The number of esters is 1. The number of amides is 1. The molecule has 154 valence electrons. The smallest absolute Gasteiger partial charge is 0.339 e. The molecule has 0 saturated carbocycles. The van der Waals surface area contributed by atoms with Gasteiger partial charge in [-0.05, 0) is 55.5 Å². The Morgan fingerprint density at radius 3 is 2.77 bits per heavy atom. The Morgan fingerprint density at radius 2 is 1.97 bits per heavy atom. The van der Waals surface area contributed by atoms with Gasteiger partial charge in [-0.2, -0.15) is 0 Å². The molecule has 0 unspecified atom stereocenters. The molecule has 5 nitrogen and oxygen atoms in total. The Labute approximate surface area is 174 Å². The lowest BCUT2D eigenvalue weighted by Crippen LogP contribution is -2.37. The minimum absolute atomic E-state index is 0.228. The Bertz CT molecular complexity index is 1130. The van der Waals surface area contributed by atoms with Crippen molar-refractivity contribution in [1.29, 1.82) is 0 Å². The van der Waals surface area contributed by atoms with Gasteiger partial charge in [-0.25, -0.2) is 9.18 Å². The van der Waals surface area contributed by atoms with E-state index in [-0.39, 0.29) is 18.3 Å². The number of nitrogens with zero attached hydrogens (tertiary/aromatic N) is 2. The maximum absolute atomic E-state index is 13.4. The first-order valence-electron chi connectivity index (χ1n) is 10.0. The molecule has 1 aromatic heterocycles. The number of benzene rings is 2. The molecule has 0 N–H and O–H groups in total. The van der Waals surface area contributed by atoms with E-state index in [1.165, 1.54) is 17.0 Å². The molecule has 0 bridgehead atoms. The lowest BCUT2D eigenvalue weighted by molar-refractivity contribution is -0.139. The van der Waals surface area contributed by atoms with E-state index in [0.29, 0.717) is 11.1 Å². The van der Waals surface area contributed by atoms with Gasteiger partial charge in [0.1, 0.15) is 5.82 Å². The van der Waals surface area contributed by atoms with Gasteiger partial charge in [0.25, 0.3) is 5.91 Å². The molecular formula is C24H23FN2O3. The lowest BCUT2D eigenvalue weighted by atomic mass is 10.0. The fourth-order valence-corrected chi connectivity index (χ4v) is 4.01. The van der Waals surface area contributed by atoms with Crippen molar-refractivity contribution in [3.63, 3.8) is 0 Å². The van der Waals surface area contributed by atoms with E-state index in [1.54, 1.807) is 26.1 Å². The average molecular weight is 406 g/mol. The van der Waals surface area contributed by atoms with Gasteiger partial charge in [-0.1, -0.05) is 30.3 Å². The van der Waals surface area contributed by atoms with Gasteiger partial charge in [-0.15, -0.1) is 0 Å². The summed E-state index contributed by atoms with van der Waals surface area (Å²) in [5.41, 5.74) is 3.80. The number of hydrogen-bond acceptors (Lipinski definition) is 4. The van der Waals surface area contributed by atoms with Crippen LogP contribution in [0.1, 0.15) is 40.5 Å². The van der Waals surface area contributed by atoms with Crippen LogP contribution in [-0.4, -0.2) is 34.9 Å². The summed E-state index contributed by atoms with van der Waals surface area (Å²) in [5.74, 6) is -1.21. The number of pyridine rings is 1. The first-order valence-corrected chi connectivity index (χ1v) is 10.0. The van der Waals surface area contributed by atoms with Crippen LogP contribution in [0.5, 0.6) is 0 Å². The van der Waals surface area contributed by atoms with E-state index in [0.717, 1.165) is 41.4 Å². The third kappa shape index (κ3) is 3.90. The molecule has 3 aromatic rings. The Hall–Kier alpha value is -3.28.